The first-order chi connectivity index (χ1) is 5.65. The van der Waals surface area contributed by atoms with Gasteiger partial charge >= 0.3 is 5.97 Å². The van der Waals surface area contributed by atoms with Crippen LogP contribution in [0.25, 0.3) is 0 Å². The van der Waals surface area contributed by atoms with E-state index in [-0.39, 0.29) is 5.69 Å². The Bertz CT molecular complexity index is 314. The lowest BCUT2D eigenvalue weighted by Crippen LogP contribution is -2.15. The fraction of sp³-hybridized carbons (Fsp3) is 0.143. The topological polar surface area (TPSA) is 65.2 Å². The third-order valence-corrected chi connectivity index (χ3v) is 1.53. The molecule has 4 nitrogen and oxygen atoms in total. The minimum atomic E-state index is -0.471. The van der Waals surface area contributed by atoms with E-state index in [2.05, 4.69) is 9.72 Å². The predicted octanol–water partition coefficient (Wildman–Crippen LogP) is -1.29. The summed E-state index contributed by atoms with van der Waals surface area (Å²) >= 11 is 0. The van der Waals surface area contributed by atoms with Gasteiger partial charge in [-0.2, -0.15) is 0 Å². The molecule has 0 spiro atoms. The molecular formula is C7H9BN2O2. The largest absolute Gasteiger partial charge is 0.464 e. The van der Waals surface area contributed by atoms with Crippen LogP contribution in [-0.2, 0) is 4.74 Å². The lowest BCUT2D eigenvalue weighted by atomic mass is 9.97. The monoisotopic (exact) mass is 164 g/mol. The first-order valence-corrected chi connectivity index (χ1v) is 3.46. The highest BCUT2D eigenvalue weighted by molar-refractivity contribution is 6.35. The molecule has 0 aliphatic carbocycles. The number of nitrogen functional groups attached to an aromatic ring is 1. The molecule has 0 radical (unpaired) electrons. The molecule has 0 bridgehead atoms. The van der Waals surface area contributed by atoms with Gasteiger partial charge in [-0.25, -0.2) is 9.78 Å². The number of methoxy groups -OCH3 is 1. The van der Waals surface area contributed by atoms with E-state index in [0.717, 1.165) is 5.46 Å². The fourth-order valence-corrected chi connectivity index (χ4v) is 0.763. The van der Waals surface area contributed by atoms with Gasteiger partial charge in [0.2, 0.25) is 0 Å². The molecule has 1 aromatic heterocycles. The Labute approximate surface area is 71.1 Å². The second kappa shape index (κ2) is 3.25. The lowest BCUT2D eigenvalue weighted by molar-refractivity contribution is 0.0594. The number of carbonyl (C=O) groups excluding carboxylic acids is 1. The summed E-state index contributed by atoms with van der Waals surface area (Å²) in [6.45, 7) is 0. The van der Waals surface area contributed by atoms with Crippen molar-refractivity contribution in [2.75, 3.05) is 12.8 Å². The molecule has 0 fully saturated rings. The first kappa shape index (κ1) is 8.58. The molecular weight excluding hydrogens is 155 g/mol. The second-order valence-electron chi connectivity index (χ2n) is 2.39. The smallest absolute Gasteiger partial charge is 0.356 e. The van der Waals surface area contributed by atoms with Crippen LogP contribution in [0.5, 0.6) is 0 Å². The Hall–Kier alpha value is -1.52. The highest BCUT2D eigenvalue weighted by atomic mass is 16.5. The highest BCUT2D eigenvalue weighted by Crippen LogP contribution is 1.98. The van der Waals surface area contributed by atoms with Crippen molar-refractivity contribution in [1.29, 1.82) is 0 Å². The standard InChI is InChI=1S/C7H9BN2O2/c1-12-7(11)5-3-2-4(8)6(9)10-5/h2-3H,8H2,1H3,(H2,9,10). The van der Waals surface area contributed by atoms with Gasteiger partial charge in [0.15, 0.2) is 5.69 Å². The van der Waals surface area contributed by atoms with E-state index in [1.807, 2.05) is 7.85 Å². The van der Waals surface area contributed by atoms with Gasteiger partial charge in [-0.1, -0.05) is 6.07 Å². The normalized spacial score (nSPS) is 9.42. The van der Waals surface area contributed by atoms with Crippen LogP contribution in [0, 0.1) is 0 Å². The van der Waals surface area contributed by atoms with Gasteiger partial charge in [0.25, 0.3) is 0 Å². The minimum Gasteiger partial charge on any atom is -0.464 e. The molecule has 62 valence electrons. The van der Waals surface area contributed by atoms with E-state index in [1.54, 1.807) is 12.1 Å². The zero-order valence-electron chi connectivity index (χ0n) is 7.00. The molecule has 2 N–H and O–H groups in total. The number of nitrogens with zero attached hydrogens (tertiary/aromatic N) is 1. The van der Waals surface area contributed by atoms with Gasteiger partial charge in [0.1, 0.15) is 13.7 Å². The lowest BCUT2D eigenvalue weighted by Gasteiger charge is -2.01. The van der Waals surface area contributed by atoms with Crippen LogP contribution in [0.3, 0.4) is 0 Å². The molecule has 5 heteroatoms. The summed E-state index contributed by atoms with van der Waals surface area (Å²) in [6, 6.07) is 3.31. The quantitative estimate of drug-likeness (QED) is 0.414. The Kier molecular flexibility index (Phi) is 2.33. The molecule has 0 amide bonds. The summed E-state index contributed by atoms with van der Waals surface area (Å²) in [7, 11) is 3.13. The zero-order valence-corrected chi connectivity index (χ0v) is 7.00. The third-order valence-electron chi connectivity index (χ3n) is 1.53. The number of hydrogen-bond acceptors (Lipinski definition) is 4. The fourth-order valence-electron chi connectivity index (χ4n) is 0.763. The van der Waals surface area contributed by atoms with Crippen LogP contribution in [0.15, 0.2) is 12.1 Å². The Morgan fingerprint density at radius 3 is 2.83 bits per heavy atom. The molecule has 0 atom stereocenters. The van der Waals surface area contributed by atoms with Crippen LogP contribution in [0.4, 0.5) is 5.82 Å². The maximum Gasteiger partial charge on any atom is 0.356 e. The molecule has 1 rings (SSSR count). The van der Waals surface area contributed by atoms with Gasteiger partial charge < -0.3 is 10.5 Å². The molecule has 0 aliphatic heterocycles. The minimum absolute atomic E-state index is 0.237. The number of aromatic nitrogens is 1. The first-order valence-electron chi connectivity index (χ1n) is 3.46. The molecule has 0 aliphatic rings. The van der Waals surface area contributed by atoms with E-state index >= 15 is 0 Å². The number of hydrogen-bond donors (Lipinski definition) is 1. The van der Waals surface area contributed by atoms with Gasteiger partial charge in [-0.05, 0) is 11.5 Å². The number of esters is 1. The number of carbonyl (C=O) groups is 1. The van der Waals surface area contributed by atoms with Gasteiger partial charge in [0.05, 0.1) is 7.11 Å². The molecule has 12 heavy (non-hydrogen) atoms. The second-order valence-corrected chi connectivity index (χ2v) is 2.39. The van der Waals surface area contributed by atoms with Crippen molar-refractivity contribution in [1.82, 2.24) is 4.98 Å². The summed E-state index contributed by atoms with van der Waals surface area (Å²) in [4.78, 5) is 14.8. The Morgan fingerprint density at radius 2 is 2.33 bits per heavy atom. The maximum atomic E-state index is 10.9. The van der Waals surface area contributed by atoms with E-state index < -0.39 is 5.97 Å². The van der Waals surface area contributed by atoms with Crippen LogP contribution in [0.2, 0.25) is 0 Å². The van der Waals surface area contributed by atoms with E-state index in [1.165, 1.54) is 7.11 Å². The van der Waals surface area contributed by atoms with E-state index in [4.69, 9.17) is 5.73 Å². The van der Waals surface area contributed by atoms with Gasteiger partial charge in [-0.3, -0.25) is 0 Å². The molecule has 0 saturated carbocycles. The summed E-state index contributed by atoms with van der Waals surface area (Å²) in [5.41, 5.74) is 6.58. The number of rotatable bonds is 1. The maximum absolute atomic E-state index is 10.9. The zero-order chi connectivity index (χ0) is 9.14. The van der Waals surface area contributed by atoms with Gasteiger partial charge in [0, 0.05) is 0 Å². The van der Waals surface area contributed by atoms with Crippen molar-refractivity contribution >= 4 is 25.1 Å². The summed E-state index contributed by atoms with van der Waals surface area (Å²) < 4.78 is 4.47. The average molecular weight is 164 g/mol. The van der Waals surface area contributed by atoms with Crippen LogP contribution >= 0.6 is 0 Å². The highest BCUT2D eigenvalue weighted by Gasteiger charge is 2.07. The van der Waals surface area contributed by atoms with Crippen LogP contribution in [0.1, 0.15) is 10.5 Å². The predicted molar refractivity (Wildman–Crippen MR) is 48.2 cm³/mol. The number of nitrogens with two attached hydrogens (primary N) is 1. The number of ether oxygens (including phenoxy) is 1. The van der Waals surface area contributed by atoms with Crippen molar-refractivity contribution in [3.8, 4) is 0 Å². The molecule has 1 heterocycles. The summed E-state index contributed by atoms with van der Waals surface area (Å²) in [6.07, 6.45) is 0. The average Bonchev–Trinajstić information content (AvgIpc) is 2.08. The van der Waals surface area contributed by atoms with Crippen molar-refractivity contribution in [3.63, 3.8) is 0 Å². The van der Waals surface area contributed by atoms with E-state index in [0.29, 0.717) is 5.82 Å². The Morgan fingerprint density at radius 1 is 1.67 bits per heavy atom. The van der Waals surface area contributed by atoms with Crippen molar-refractivity contribution in [2.24, 2.45) is 0 Å². The molecule has 0 unspecified atom stereocenters. The van der Waals surface area contributed by atoms with Crippen molar-refractivity contribution < 1.29 is 9.53 Å². The molecule has 0 aromatic carbocycles. The van der Waals surface area contributed by atoms with Crippen LogP contribution < -0.4 is 11.2 Å². The number of anilines is 1. The van der Waals surface area contributed by atoms with Gasteiger partial charge in [-0.15, -0.1) is 0 Å². The molecule has 0 saturated heterocycles. The summed E-state index contributed by atoms with van der Waals surface area (Å²) in [5, 5.41) is 0. The van der Waals surface area contributed by atoms with E-state index in [9.17, 15) is 4.79 Å². The third kappa shape index (κ3) is 1.55. The molecule has 1 aromatic rings. The van der Waals surface area contributed by atoms with Crippen molar-refractivity contribution in [3.05, 3.63) is 17.8 Å². The van der Waals surface area contributed by atoms with Crippen molar-refractivity contribution in [2.45, 2.75) is 0 Å². The summed E-state index contributed by atoms with van der Waals surface area (Å²) in [5.74, 6) is -0.111. The van der Waals surface area contributed by atoms with Crippen LogP contribution in [-0.4, -0.2) is 25.9 Å². The number of pyridine rings is 1. The Balaban J connectivity index is 3.05. The SMILES string of the molecule is Bc1ccc(C(=O)OC)nc1N.